The molecule has 0 radical (unpaired) electrons. The third-order valence-corrected chi connectivity index (χ3v) is 3.03. The van der Waals surface area contributed by atoms with E-state index in [9.17, 15) is 9.59 Å². The molecular weight excluding hydrogens is 246 g/mol. The lowest BCUT2D eigenvalue weighted by Gasteiger charge is -2.17. The van der Waals surface area contributed by atoms with Gasteiger partial charge in [-0.25, -0.2) is 0 Å². The molecule has 0 aliphatic heterocycles. The highest BCUT2D eigenvalue weighted by Crippen LogP contribution is 2.23. The first-order chi connectivity index (χ1) is 8.90. The predicted molar refractivity (Wildman–Crippen MR) is 71.9 cm³/mol. The molecule has 0 heterocycles. The highest BCUT2D eigenvalue weighted by atomic mass is 16.5. The number of carbonyl (C=O) groups excluding carboxylic acids is 1. The normalized spacial score (nSPS) is 12.0. The lowest BCUT2D eigenvalue weighted by Crippen LogP contribution is -2.36. The lowest BCUT2D eigenvalue weighted by atomic mass is 9.93. The van der Waals surface area contributed by atoms with Crippen LogP contribution in [0.5, 0.6) is 5.75 Å². The lowest BCUT2D eigenvalue weighted by molar-refractivity contribution is -0.137. The van der Waals surface area contributed by atoms with Crippen molar-refractivity contribution in [3.63, 3.8) is 0 Å². The van der Waals surface area contributed by atoms with Crippen LogP contribution in [0.3, 0.4) is 0 Å². The molecule has 1 aromatic rings. The number of hydrogen-bond donors (Lipinski definition) is 2. The van der Waals surface area contributed by atoms with Gasteiger partial charge in [-0.15, -0.1) is 0 Å². The fourth-order valence-corrected chi connectivity index (χ4v) is 2.11. The van der Waals surface area contributed by atoms with Crippen LogP contribution in [0.2, 0.25) is 0 Å². The van der Waals surface area contributed by atoms with E-state index in [4.69, 9.17) is 9.84 Å². The molecule has 5 heteroatoms. The Balaban J connectivity index is 3.14. The average Bonchev–Trinajstić information content (AvgIpc) is 2.34. The number of rotatable bonds is 6. The Kier molecular flexibility index (Phi) is 5.06. The van der Waals surface area contributed by atoms with Crippen molar-refractivity contribution in [2.75, 3.05) is 14.2 Å². The second-order valence-corrected chi connectivity index (χ2v) is 4.44. The fourth-order valence-electron chi connectivity index (χ4n) is 2.11. The smallest absolute Gasteiger partial charge is 0.305 e. The Morgan fingerprint density at radius 3 is 2.21 bits per heavy atom. The number of ether oxygens (including phenoxy) is 1. The zero-order chi connectivity index (χ0) is 14.6. The van der Waals surface area contributed by atoms with Crippen LogP contribution in [0.15, 0.2) is 12.1 Å². The number of ketones is 1. The molecule has 2 N–H and O–H groups in total. The summed E-state index contributed by atoms with van der Waals surface area (Å²) in [6.45, 7) is 3.63. The fraction of sp³-hybridized carbons (Fsp3) is 0.429. The quantitative estimate of drug-likeness (QED) is 0.763. The van der Waals surface area contributed by atoms with E-state index in [0.29, 0.717) is 11.3 Å². The molecule has 5 nitrogen and oxygen atoms in total. The van der Waals surface area contributed by atoms with E-state index in [0.717, 1.165) is 11.1 Å². The number of aryl methyl sites for hydroxylation is 2. The van der Waals surface area contributed by atoms with E-state index in [2.05, 4.69) is 5.32 Å². The first-order valence-corrected chi connectivity index (χ1v) is 5.99. The highest BCUT2D eigenvalue weighted by molar-refractivity contribution is 6.04. The zero-order valence-electron chi connectivity index (χ0n) is 11.6. The third-order valence-electron chi connectivity index (χ3n) is 3.03. The molecule has 0 fully saturated rings. The van der Waals surface area contributed by atoms with E-state index in [1.54, 1.807) is 26.3 Å². The monoisotopic (exact) mass is 265 g/mol. The van der Waals surface area contributed by atoms with Gasteiger partial charge >= 0.3 is 5.97 Å². The summed E-state index contributed by atoms with van der Waals surface area (Å²) in [5, 5.41) is 11.6. The van der Waals surface area contributed by atoms with Gasteiger partial charge in [-0.05, 0) is 44.2 Å². The topological polar surface area (TPSA) is 75.6 Å². The number of nitrogens with one attached hydrogen (secondary N) is 1. The Morgan fingerprint density at radius 2 is 1.84 bits per heavy atom. The van der Waals surface area contributed by atoms with Gasteiger partial charge in [0.1, 0.15) is 5.75 Å². The molecule has 1 rings (SSSR count). The van der Waals surface area contributed by atoms with Crippen molar-refractivity contribution < 1.29 is 19.4 Å². The zero-order valence-corrected chi connectivity index (χ0v) is 11.6. The van der Waals surface area contributed by atoms with Crippen LogP contribution in [0.25, 0.3) is 0 Å². The van der Waals surface area contributed by atoms with Crippen LogP contribution in [0, 0.1) is 13.8 Å². The summed E-state index contributed by atoms with van der Waals surface area (Å²) in [4.78, 5) is 23.1. The van der Waals surface area contributed by atoms with Gasteiger partial charge in [0.15, 0.2) is 5.78 Å². The summed E-state index contributed by atoms with van der Waals surface area (Å²) >= 11 is 0. The minimum atomic E-state index is -1.00. The molecule has 19 heavy (non-hydrogen) atoms. The average molecular weight is 265 g/mol. The van der Waals surface area contributed by atoms with Crippen molar-refractivity contribution >= 4 is 11.8 Å². The minimum Gasteiger partial charge on any atom is -0.497 e. The van der Waals surface area contributed by atoms with Crippen molar-refractivity contribution in [3.8, 4) is 5.75 Å². The van der Waals surface area contributed by atoms with Gasteiger partial charge in [0.25, 0.3) is 0 Å². The predicted octanol–water partition coefficient (Wildman–Crippen LogP) is 1.56. The van der Waals surface area contributed by atoms with Crippen molar-refractivity contribution in [3.05, 3.63) is 28.8 Å². The maximum Gasteiger partial charge on any atom is 0.305 e. The molecule has 0 spiro atoms. The van der Waals surface area contributed by atoms with Crippen molar-refractivity contribution in [1.82, 2.24) is 5.32 Å². The highest BCUT2D eigenvalue weighted by Gasteiger charge is 2.24. The SMILES string of the molecule is CNC(CC(=O)O)C(=O)c1c(C)cc(OC)cc1C. The molecule has 0 amide bonds. The molecule has 0 aliphatic rings. The van der Waals surface area contributed by atoms with Gasteiger partial charge < -0.3 is 15.2 Å². The number of hydrogen-bond acceptors (Lipinski definition) is 4. The number of aliphatic carboxylic acids is 1. The number of carboxylic acid groups (broad SMARTS) is 1. The van der Waals surface area contributed by atoms with Crippen molar-refractivity contribution in [1.29, 1.82) is 0 Å². The molecule has 0 saturated carbocycles. The van der Waals surface area contributed by atoms with Crippen LogP contribution in [-0.4, -0.2) is 37.1 Å². The number of carboxylic acids is 1. The van der Waals surface area contributed by atoms with Crippen LogP contribution in [0.1, 0.15) is 27.9 Å². The summed E-state index contributed by atoms with van der Waals surface area (Å²) in [5.74, 6) is -0.523. The molecule has 0 aromatic heterocycles. The Morgan fingerprint density at radius 1 is 1.32 bits per heavy atom. The molecular formula is C14H19NO4. The third kappa shape index (κ3) is 3.54. The maximum absolute atomic E-state index is 12.4. The molecule has 1 aromatic carbocycles. The van der Waals surface area contributed by atoms with Gasteiger partial charge in [-0.2, -0.15) is 0 Å². The summed E-state index contributed by atoms with van der Waals surface area (Å²) in [5.41, 5.74) is 2.13. The number of benzene rings is 1. The van der Waals surface area contributed by atoms with E-state index in [-0.39, 0.29) is 12.2 Å². The number of likely N-dealkylation sites (N-methyl/N-ethyl adjacent to an activating group) is 1. The van der Waals surface area contributed by atoms with Crippen molar-refractivity contribution in [2.24, 2.45) is 0 Å². The van der Waals surface area contributed by atoms with Gasteiger partial charge in [0, 0.05) is 5.56 Å². The van der Waals surface area contributed by atoms with Gasteiger partial charge in [0.2, 0.25) is 0 Å². The number of Topliss-reactive ketones (excluding diaryl/α,β-unsaturated/α-hetero) is 1. The first kappa shape index (κ1) is 15.2. The molecule has 1 atom stereocenters. The Bertz CT molecular complexity index is 473. The van der Waals surface area contributed by atoms with Crippen LogP contribution in [0.4, 0.5) is 0 Å². The number of methoxy groups -OCH3 is 1. The van der Waals surface area contributed by atoms with E-state index in [1.165, 1.54) is 0 Å². The first-order valence-electron chi connectivity index (χ1n) is 5.99. The molecule has 0 bridgehead atoms. The molecule has 0 saturated heterocycles. The van der Waals surface area contributed by atoms with Gasteiger partial charge in [-0.3, -0.25) is 9.59 Å². The summed E-state index contributed by atoms with van der Waals surface area (Å²) in [6.07, 6.45) is -0.236. The molecule has 0 aliphatic carbocycles. The standard InChI is InChI=1S/C14H19NO4/c1-8-5-10(19-4)6-9(2)13(8)14(18)11(15-3)7-12(16)17/h5-6,11,15H,7H2,1-4H3,(H,16,17). The van der Waals surface area contributed by atoms with Crippen molar-refractivity contribution in [2.45, 2.75) is 26.3 Å². The van der Waals surface area contributed by atoms with Gasteiger partial charge in [-0.1, -0.05) is 0 Å². The summed E-state index contributed by atoms with van der Waals surface area (Å²) in [6, 6.07) is 2.82. The van der Waals surface area contributed by atoms with E-state index in [1.807, 2.05) is 13.8 Å². The maximum atomic E-state index is 12.4. The summed E-state index contributed by atoms with van der Waals surface area (Å²) in [7, 11) is 3.15. The Labute approximate surface area is 112 Å². The van der Waals surface area contributed by atoms with E-state index >= 15 is 0 Å². The number of carbonyl (C=O) groups is 2. The van der Waals surface area contributed by atoms with E-state index < -0.39 is 12.0 Å². The summed E-state index contributed by atoms with van der Waals surface area (Å²) < 4.78 is 5.14. The Hall–Kier alpha value is -1.88. The largest absolute Gasteiger partial charge is 0.497 e. The minimum absolute atomic E-state index is 0.206. The van der Waals surface area contributed by atoms with Gasteiger partial charge in [0.05, 0.1) is 19.6 Å². The van der Waals surface area contributed by atoms with Crippen LogP contribution in [-0.2, 0) is 4.79 Å². The van der Waals surface area contributed by atoms with Crippen LogP contribution < -0.4 is 10.1 Å². The second-order valence-electron chi connectivity index (χ2n) is 4.44. The van der Waals surface area contributed by atoms with Crippen LogP contribution >= 0.6 is 0 Å². The molecule has 104 valence electrons. The second kappa shape index (κ2) is 6.33. The molecule has 1 unspecified atom stereocenters.